The van der Waals surface area contributed by atoms with Gasteiger partial charge in [-0.2, -0.15) is 0 Å². The Bertz CT molecular complexity index is 571. The van der Waals surface area contributed by atoms with Crippen LogP contribution in [-0.2, 0) is 9.53 Å². The molecule has 2 heterocycles. The maximum atomic E-state index is 12.6. The van der Waals surface area contributed by atoms with Crippen LogP contribution in [0.5, 0.6) is 0 Å². The minimum atomic E-state index is -0.130. The maximum absolute atomic E-state index is 12.6. The second-order valence-electron chi connectivity index (χ2n) is 6.96. The van der Waals surface area contributed by atoms with Gasteiger partial charge in [-0.1, -0.05) is 12.8 Å². The molecule has 130 valence electrons. The molecule has 1 aromatic rings. The van der Waals surface area contributed by atoms with Gasteiger partial charge in [-0.15, -0.1) is 0 Å². The summed E-state index contributed by atoms with van der Waals surface area (Å²) in [5.41, 5.74) is 8.54. The van der Waals surface area contributed by atoms with Gasteiger partial charge in [0.1, 0.15) is 6.04 Å². The second kappa shape index (κ2) is 7.09. The number of ether oxygens (including phenoxy) is 1. The van der Waals surface area contributed by atoms with E-state index >= 15 is 0 Å². The minimum absolute atomic E-state index is 0.0658. The van der Waals surface area contributed by atoms with Crippen molar-refractivity contribution in [3.05, 3.63) is 24.3 Å². The number of fused-ring (bicyclic) bond motifs is 1. The van der Waals surface area contributed by atoms with Crippen molar-refractivity contribution < 1.29 is 9.53 Å². The molecule has 0 bridgehead atoms. The average molecular weight is 330 g/mol. The molecule has 3 N–H and O–H groups in total. The summed E-state index contributed by atoms with van der Waals surface area (Å²) in [5.74, 6) is 0.474. The largest absolute Gasteiger partial charge is 0.378 e. The number of hydrogen-bond donors (Lipinski definition) is 3. The highest BCUT2D eigenvalue weighted by atomic mass is 16.5. The molecular weight excluding hydrogens is 304 g/mol. The lowest BCUT2D eigenvalue weighted by molar-refractivity contribution is -0.118. The van der Waals surface area contributed by atoms with Crippen LogP contribution in [0, 0.1) is 5.92 Å². The molecule has 1 aromatic carbocycles. The van der Waals surface area contributed by atoms with Crippen LogP contribution in [0.2, 0.25) is 0 Å². The molecule has 1 aliphatic carbocycles. The Hall–Kier alpha value is -1.63. The van der Waals surface area contributed by atoms with E-state index in [1.54, 1.807) is 0 Å². The predicted molar refractivity (Wildman–Crippen MR) is 93.9 cm³/mol. The zero-order chi connectivity index (χ0) is 16.4. The second-order valence-corrected chi connectivity index (χ2v) is 6.96. The lowest BCUT2D eigenvalue weighted by Crippen LogP contribution is -2.42. The number of nitrogens with zero attached hydrogens (tertiary/aromatic N) is 1. The molecule has 6 heteroatoms. The van der Waals surface area contributed by atoms with Crippen molar-refractivity contribution in [3.63, 3.8) is 0 Å². The molecule has 0 aromatic heterocycles. The molecule has 6 nitrogen and oxygen atoms in total. The van der Waals surface area contributed by atoms with E-state index in [4.69, 9.17) is 4.74 Å². The fourth-order valence-electron chi connectivity index (χ4n) is 4.10. The van der Waals surface area contributed by atoms with Gasteiger partial charge >= 0.3 is 0 Å². The molecule has 0 radical (unpaired) electrons. The number of nitrogens with one attached hydrogen (secondary N) is 3. The Morgan fingerprint density at radius 2 is 1.83 bits per heavy atom. The Balaban J connectivity index is 1.37. The zero-order valence-corrected chi connectivity index (χ0v) is 14.0. The Labute approximate surface area is 142 Å². The number of morpholine rings is 1. The minimum Gasteiger partial charge on any atom is -0.378 e. The lowest BCUT2D eigenvalue weighted by Gasteiger charge is -2.29. The quantitative estimate of drug-likeness (QED) is 0.784. The van der Waals surface area contributed by atoms with Gasteiger partial charge in [0, 0.05) is 36.4 Å². The standard InChI is InChI=1S/C18H26N4O2/c23-18(17-15-3-1-2-4-16(15)20-21-17)19-13-5-7-14(8-6-13)22-9-11-24-12-10-22/h5-8,15-17,20-21H,1-4,9-12H2,(H,19,23). The van der Waals surface area contributed by atoms with E-state index < -0.39 is 0 Å². The van der Waals surface area contributed by atoms with E-state index in [-0.39, 0.29) is 11.9 Å². The van der Waals surface area contributed by atoms with Gasteiger partial charge in [-0.05, 0) is 37.1 Å². The van der Waals surface area contributed by atoms with Crippen LogP contribution in [0.1, 0.15) is 25.7 Å². The van der Waals surface area contributed by atoms with E-state index in [1.165, 1.54) is 18.5 Å². The number of amides is 1. The van der Waals surface area contributed by atoms with Crippen molar-refractivity contribution in [1.29, 1.82) is 0 Å². The topological polar surface area (TPSA) is 65.6 Å². The van der Waals surface area contributed by atoms with Crippen molar-refractivity contribution >= 4 is 17.3 Å². The van der Waals surface area contributed by atoms with Gasteiger partial charge in [0.15, 0.2) is 0 Å². The molecule has 3 atom stereocenters. The summed E-state index contributed by atoms with van der Waals surface area (Å²) in [4.78, 5) is 14.9. The van der Waals surface area contributed by atoms with Gasteiger partial charge in [-0.25, -0.2) is 5.43 Å². The summed E-state index contributed by atoms with van der Waals surface area (Å²) < 4.78 is 5.39. The van der Waals surface area contributed by atoms with E-state index in [0.29, 0.717) is 12.0 Å². The highest BCUT2D eigenvalue weighted by Gasteiger charge is 2.40. The molecule has 2 aliphatic heterocycles. The van der Waals surface area contributed by atoms with Gasteiger partial charge in [0.2, 0.25) is 5.91 Å². The van der Waals surface area contributed by atoms with E-state index in [0.717, 1.165) is 44.8 Å². The molecule has 4 rings (SSSR count). The van der Waals surface area contributed by atoms with Crippen molar-refractivity contribution in [2.45, 2.75) is 37.8 Å². The first-order valence-corrected chi connectivity index (χ1v) is 9.06. The highest BCUT2D eigenvalue weighted by molar-refractivity contribution is 5.95. The molecule has 24 heavy (non-hydrogen) atoms. The normalized spacial score (nSPS) is 30.0. The SMILES string of the molecule is O=C(Nc1ccc(N2CCOCC2)cc1)C1NNC2CCCCC21. The predicted octanol–water partition coefficient (Wildman–Crippen LogP) is 1.50. The average Bonchev–Trinajstić information content (AvgIpc) is 3.07. The van der Waals surface area contributed by atoms with Gasteiger partial charge in [-0.3, -0.25) is 10.2 Å². The van der Waals surface area contributed by atoms with Crippen molar-refractivity contribution in [2.24, 2.45) is 5.92 Å². The monoisotopic (exact) mass is 330 g/mol. The number of anilines is 2. The summed E-state index contributed by atoms with van der Waals surface area (Å²) in [6, 6.07) is 8.44. The third kappa shape index (κ3) is 3.27. The third-order valence-electron chi connectivity index (χ3n) is 5.47. The van der Waals surface area contributed by atoms with Crippen LogP contribution < -0.4 is 21.1 Å². The summed E-state index contributed by atoms with van der Waals surface area (Å²) in [6.07, 6.45) is 4.77. The van der Waals surface area contributed by atoms with Crippen LogP contribution in [0.4, 0.5) is 11.4 Å². The fourth-order valence-corrected chi connectivity index (χ4v) is 4.10. The highest BCUT2D eigenvalue weighted by Crippen LogP contribution is 2.30. The summed E-state index contributed by atoms with van der Waals surface area (Å²) in [6.45, 7) is 3.40. The first kappa shape index (κ1) is 15.9. The van der Waals surface area contributed by atoms with Crippen molar-refractivity contribution in [2.75, 3.05) is 36.5 Å². The number of carbonyl (C=O) groups is 1. The zero-order valence-electron chi connectivity index (χ0n) is 14.0. The fraction of sp³-hybridized carbons (Fsp3) is 0.611. The van der Waals surface area contributed by atoms with Gasteiger partial charge in [0.25, 0.3) is 0 Å². The molecule has 0 spiro atoms. The van der Waals surface area contributed by atoms with Crippen LogP contribution in [0.25, 0.3) is 0 Å². The van der Waals surface area contributed by atoms with E-state index in [2.05, 4.69) is 33.2 Å². The van der Waals surface area contributed by atoms with Crippen LogP contribution in [0.3, 0.4) is 0 Å². The third-order valence-corrected chi connectivity index (χ3v) is 5.47. The molecule has 2 saturated heterocycles. The smallest absolute Gasteiger partial charge is 0.243 e. The molecule has 1 amide bonds. The Morgan fingerprint density at radius 3 is 2.62 bits per heavy atom. The van der Waals surface area contributed by atoms with Gasteiger partial charge in [0.05, 0.1) is 13.2 Å². The molecule has 1 saturated carbocycles. The Morgan fingerprint density at radius 1 is 1.08 bits per heavy atom. The van der Waals surface area contributed by atoms with Crippen LogP contribution in [0.15, 0.2) is 24.3 Å². The molecule has 3 fully saturated rings. The van der Waals surface area contributed by atoms with Crippen LogP contribution in [-0.4, -0.2) is 44.3 Å². The maximum Gasteiger partial charge on any atom is 0.243 e. The molecule has 3 unspecified atom stereocenters. The lowest BCUT2D eigenvalue weighted by atomic mass is 9.81. The van der Waals surface area contributed by atoms with Crippen molar-refractivity contribution in [3.8, 4) is 0 Å². The Kier molecular flexibility index (Phi) is 4.69. The number of benzene rings is 1. The molecular formula is C18H26N4O2. The van der Waals surface area contributed by atoms with E-state index in [9.17, 15) is 4.79 Å². The van der Waals surface area contributed by atoms with Gasteiger partial charge < -0.3 is 15.0 Å². The molecule has 3 aliphatic rings. The number of carbonyl (C=O) groups excluding carboxylic acids is 1. The van der Waals surface area contributed by atoms with Crippen molar-refractivity contribution in [1.82, 2.24) is 10.9 Å². The summed E-state index contributed by atoms with van der Waals surface area (Å²) in [7, 11) is 0. The summed E-state index contributed by atoms with van der Waals surface area (Å²) in [5, 5.41) is 3.06. The number of hydrazine groups is 1. The first-order valence-electron chi connectivity index (χ1n) is 9.06. The van der Waals surface area contributed by atoms with Crippen LogP contribution >= 0.6 is 0 Å². The number of hydrogen-bond acceptors (Lipinski definition) is 5. The van der Waals surface area contributed by atoms with E-state index in [1.807, 2.05) is 12.1 Å². The number of rotatable bonds is 3. The summed E-state index contributed by atoms with van der Waals surface area (Å²) >= 11 is 0. The first-order chi connectivity index (χ1) is 11.8.